The van der Waals surface area contributed by atoms with Crippen molar-refractivity contribution in [2.24, 2.45) is 0 Å². The number of para-hydroxylation sites is 3. The fraction of sp³-hybridized carbons (Fsp3) is 0.125. The Balaban J connectivity index is 1.76. The van der Waals surface area contributed by atoms with Crippen LogP contribution in [0.4, 0.5) is 0 Å². The van der Waals surface area contributed by atoms with Crippen LogP contribution in [0.3, 0.4) is 0 Å². The first kappa shape index (κ1) is 17.4. The largest absolute Gasteiger partial charge is 0.496 e. The Labute approximate surface area is 168 Å². The number of hydrogen-bond donors (Lipinski definition) is 0. The third kappa shape index (κ3) is 3.10. The molecule has 2 aromatic heterocycles. The SMILES string of the molecule is COc1ccccc1Cn1c(-c2ccc(C)cc2)nc2nc3ccccc3nc21. The van der Waals surface area contributed by atoms with E-state index in [2.05, 4.69) is 41.8 Å². The first-order chi connectivity index (χ1) is 14.2. The second-order valence-electron chi connectivity index (χ2n) is 7.06. The molecule has 0 saturated carbocycles. The molecule has 5 nitrogen and oxygen atoms in total. The maximum Gasteiger partial charge on any atom is 0.198 e. The number of rotatable bonds is 4. The average molecular weight is 380 g/mol. The number of imidazole rings is 1. The number of fused-ring (bicyclic) bond motifs is 2. The van der Waals surface area contributed by atoms with Gasteiger partial charge in [-0.3, -0.25) is 0 Å². The highest BCUT2D eigenvalue weighted by Crippen LogP contribution is 2.28. The minimum atomic E-state index is 0.594. The molecule has 0 fully saturated rings. The summed E-state index contributed by atoms with van der Waals surface area (Å²) in [5, 5.41) is 0. The summed E-state index contributed by atoms with van der Waals surface area (Å²) in [5.74, 6) is 1.69. The van der Waals surface area contributed by atoms with Crippen molar-refractivity contribution >= 4 is 22.3 Å². The Morgan fingerprint density at radius 3 is 2.24 bits per heavy atom. The first-order valence-electron chi connectivity index (χ1n) is 9.55. The number of nitrogens with zero attached hydrogens (tertiary/aromatic N) is 4. The maximum atomic E-state index is 5.57. The van der Waals surface area contributed by atoms with Crippen molar-refractivity contribution in [3.8, 4) is 17.1 Å². The lowest BCUT2D eigenvalue weighted by Gasteiger charge is -2.12. The van der Waals surface area contributed by atoms with Crippen molar-refractivity contribution in [1.82, 2.24) is 19.5 Å². The molecule has 3 aromatic carbocycles. The summed E-state index contributed by atoms with van der Waals surface area (Å²) >= 11 is 0. The first-order valence-corrected chi connectivity index (χ1v) is 9.55. The fourth-order valence-electron chi connectivity index (χ4n) is 3.58. The van der Waals surface area contributed by atoms with E-state index in [1.165, 1.54) is 5.56 Å². The molecule has 0 amide bonds. The third-order valence-electron chi connectivity index (χ3n) is 5.09. The van der Waals surface area contributed by atoms with E-state index in [-0.39, 0.29) is 0 Å². The van der Waals surface area contributed by atoms with E-state index in [4.69, 9.17) is 19.7 Å². The number of ether oxygens (including phenoxy) is 1. The number of hydrogen-bond acceptors (Lipinski definition) is 4. The molecule has 2 heterocycles. The number of aromatic nitrogens is 4. The zero-order chi connectivity index (χ0) is 19.8. The van der Waals surface area contributed by atoms with Gasteiger partial charge in [0.15, 0.2) is 11.3 Å². The normalized spacial score (nSPS) is 11.2. The van der Waals surface area contributed by atoms with Crippen molar-refractivity contribution in [3.05, 3.63) is 83.9 Å². The Morgan fingerprint density at radius 1 is 0.793 bits per heavy atom. The van der Waals surface area contributed by atoms with Gasteiger partial charge in [0.2, 0.25) is 0 Å². The molecule has 0 bridgehead atoms. The molecule has 0 unspecified atom stereocenters. The quantitative estimate of drug-likeness (QED) is 0.440. The van der Waals surface area contributed by atoms with Gasteiger partial charge in [-0.2, -0.15) is 0 Å². The van der Waals surface area contributed by atoms with Crippen LogP contribution in [-0.2, 0) is 6.54 Å². The van der Waals surface area contributed by atoms with Gasteiger partial charge in [0, 0.05) is 11.1 Å². The smallest absolute Gasteiger partial charge is 0.198 e. The summed E-state index contributed by atoms with van der Waals surface area (Å²) < 4.78 is 7.69. The highest BCUT2D eigenvalue weighted by molar-refractivity contribution is 5.85. The lowest BCUT2D eigenvalue weighted by molar-refractivity contribution is 0.408. The molecule has 0 saturated heterocycles. The third-order valence-corrected chi connectivity index (χ3v) is 5.09. The molecule has 5 rings (SSSR count). The van der Waals surface area contributed by atoms with Gasteiger partial charge in [0.25, 0.3) is 0 Å². The Kier molecular flexibility index (Phi) is 4.21. The van der Waals surface area contributed by atoms with Gasteiger partial charge in [0.1, 0.15) is 11.6 Å². The summed E-state index contributed by atoms with van der Waals surface area (Å²) in [4.78, 5) is 14.5. The van der Waals surface area contributed by atoms with Gasteiger partial charge >= 0.3 is 0 Å². The predicted octanol–water partition coefficient (Wildman–Crippen LogP) is 5.01. The molecule has 5 heteroatoms. The van der Waals surface area contributed by atoms with Gasteiger partial charge in [-0.1, -0.05) is 60.2 Å². The summed E-state index contributed by atoms with van der Waals surface area (Å²) in [6.07, 6.45) is 0. The minimum Gasteiger partial charge on any atom is -0.496 e. The lowest BCUT2D eigenvalue weighted by atomic mass is 10.1. The van der Waals surface area contributed by atoms with Gasteiger partial charge in [-0.05, 0) is 25.1 Å². The van der Waals surface area contributed by atoms with Crippen molar-refractivity contribution < 1.29 is 4.74 Å². The average Bonchev–Trinajstić information content (AvgIpc) is 3.10. The van der Waals surface area contributed by atoms with Crippen LogP contribution in [0.2, 0.25) is 0 Å². The molecule has 0 radical (unpaired) electrons. The van der Waals surface area contributed by atoms with E-state index in [1.54, 1.807) is 7.11 Å². The zero-order valence-corrected chi connectivity index (χ0v) is 16.3. The van der Waals surface area contributed by atoms with Crippen LogP contribution in [0.5, 0.6) is 5.75 Å². The van der Waals surface area contributed by atoms with Crippen LogP contribution in [0.25, 0.3) is 33.7 Å². The molecule has 5 aromatic rings. The van der Waals surface area contributed by atoms with Crippen molar-refractivity contribution in [3.63, 3.8) is 0 Å². The second-order valence-corrected chi connectivity index (χ2v) is 7.06. The van der Waals surface area contributed by atoms with Crippen molar-refractivity contribution in [2.45, 2.75) is 13.5 Å². The van der Waals surface area contributed by atoms with Crippen LogP contribution < -0.4 is 4.74 Å². The summed E-state index contributed by atoms with van der Waals surface area (Å²) in [7, 11) is 1.69. The molecule has 0 aliphatic carbocycles. The van der Waals surface area contributed by atoms with Gasteiger partial charge < -0.3 is 9.30 Å². The standard InChI is InChI=1S/C24H20N4O/c1-16-11-13-17(14-12-16)23-27-22-24(26-20-9-5-4-8-19(20)25-22)28(23)15-18-7-3-6-10-21(18)29-2/h3-14H,15H2,1-2H3. The minimum absolute atomic E-state index is 0.594. The lowest BCUT2D eigenvalue weighted by Crippen LogP contribution is -2.05. The second kappa shape index (κ2) is 7.02. The van der Waals surface area contributed by atoms with Gasteiger partial charge in [0.05, 0.1) is 24.7 Å². The molecule has 0 atom stereocenters. The van der Waals surface area contributed by atoms with Crippen molar-refractivity contribution in [2.75, 3.05) is 7.11 Å². The van der Waals surface area contributed by atoms with Crippen LogP contribution in [-0.4, -0.2) is 26.6 Å². The van der Waals surface area contributed by atoms with Gasteiger partial charge in [-0.15, -0.1) is 0 Å². The van der Waals surface area contributed by atoms with Crippen molar-refractivity contribution in [1.29, 1.82) is 0 Å². The molecular weight excluding hydrogens is 360 g/mol. The highest BCUT2D eigenvalue weighted by atomic mass is 16.5. The monoisotopic (exact) mass is 380 g/mol. The van der Waals surface area contributed by atoms with Crippen LogP contribution in [0.1, 0.15) is 11.1 Å². The summed E-state index contributed by atoms with van der Waals surface area (Å²) in [6.45, 7) is 2.67. The Morgan fingerprint density at radius 2 is 1.48 bits per heavy atom. The molecule has 142 valence electrons. The molecule has 0 aliphatic heterocycles. The molecule has 0 aliphatic rings. The van der Waals surface area contributed by atoms with E-state index in [0.29, 0.717) is 12.2 Å². The van der Waals surface area contributed by atoms with Gasteiger partial charge in [-0.25, -0.2) is 15.0 Å². The topological polar surface area (TPSA) is 52.8 Å². The van der Waals surface area contributed by atoms with Crippen LogP contribution in [0, 0.1) is 6.92 Å². The number of benzene rings is 3. The van der Waals surface area contributed by atoms with Crippen LogP contribution in [0.15, 0.2) is 72.8 Å². The molecule has 29 heavy (non-hydrogen) atoms. The molecule has 0 spiro atoms. The maximum absolute atomic E-state index is 5.57. The number of aryl methyl sites for hydroxylation is 1. The van der Waals surface area contributed by atoms with Crippen LogP contribution >= 0.6 is 0 Å². The highest BCUT2D eigenvalue weighted by Gasteiger charge is 2.17. The summed E-state index contributed by atoms with van der Waals surface area (Å²) in [6, 6.07) is 24.3. The van der Waals surface area contributed by atoms with E-state index < -0.39 is 0 Å². The molecular formula is C24H20N4O. The Bertz CT molecular complexity index is 1320. The predicted molar refractivity (Wildman–Crippen MR) is 115 cm³/mol. The van der Waals surface area contributed by atoms with E-state index in [0.717, 1.165) is 39.4 Å². The summed E-state index contributed by atoms with van der Waals surface area (Å²) in [5.41, 5.74) is 6.43. The molecule has 0 N–H and O–H groups in total. The fourth-order valence-corrected chi connectivity index (χ4v) is 3.58. The van der Waals surface area contributed by atoms with E-state index >= 15 is 0 Å². The number of methoxy groups -OCH3 is 1. The Hall–Kier alpha value is -3.73. The van der Waals surface area contributed by atoms with E-state index in [9.17, 15) is 0 Å². The zero-order valence-electron chi connectivity index (χ0n) is 16.3. The van der Waals surface area contributed by atoms with E-state index in [1.807, 2.05) is 42.5 Å².